The Bertz CT molecular complexity index is 1160. The van der Waals surface area contributed by atoms with E-state index in [-0.39, 0.29) is 12.3 Å². The van der Waals surface area contributed by atoms with Crippen molar-refractivity contribution in [2.75, 3.05) is 0 Å². The number of nitrogens with two attached hydrogens (primary N) is 1. The molecule has 4 aromatic rings. The van der Waals surface area contributed by atoms with Crippen molar-refractivity contribution in [3.05, 3.63) is 71.9 Å². The van der Waals surface area contributed by atoms with Crippen molar-refractivity contribution in [2.24, 2.45) is 5.73 Å². The fourth-order valence-electron chi connectivity index (χ4n) is 3.27. The largest absolute Gasteiger partial charge is 0.369 e. The summed E-state index contributed by atoms with van der Waals surface area (Å²) in [4.78, 5) is 25.1. The monoisotopic (exact) mass is 357 g/mol. The number of hydrogen-bond donors (Lipinski definition) is 1. The van der Waals surface area contributed by atoms with E-state index in [1.54, 1.807) is 6.20 Å². The third-order valence-electron chi connectivity index (χ3n) is 4.51. The normalized spacial score (nSPS) is 11.0. The molecule has 134 valence electrons. The standard InChI is InChI=1S/C21H19N5O/c1-13-5-3-7-17(24-13)21-16(6-4-10-23-21)15-8-9-20-25-14(2)18(11-19(22)27)26(20)12-15/h3-10,12H,11H2,1-2H3,(H2,22,27). The first-order valence-electron chi connectivity index (χ1n) is 8.68. The molecule has 0 saturated heterocycles. The Morgan fingerprint density at radius 2 is 1.93 bits per heavy atom. The van der Waals surface area contributed by atoms with E-state index in [0.717, 1.165) is 45.2 Å². The van der Waals surface area contributed by atoms with Gasteiger partial charge in [-0.15, -0.1) is 0 Å². The third-order valence-corrected chi connectivity index (χ3v) is 4.51. The summed E-state index contributed by atoms with van der Waals surface area (Å²) in [5.41, 5.74) is 12.3. The summed E-state index contributed by atoms with van der Waals surface area (Å²) < 4.78 is 1.93. The number of carbonyl (C=O) groups excluding carboxylic acids is 1. The van der Waals surface area contributed by atoms with Crippen LogP contribution in [0.4, 0.5) is 0 Å². The zero-order valence-corrected chi connectivity index (χ0v) is 15.2. The van der Waals surface area contributed by atoms with Gasteiger partial charge in [-0.25, -0.2) is 4.98 Å². The molecule has 1 amide bonds. The van der Waals surface area contributed by atoms with Gasteiger partial charge in [0.1, 0.15) is 5.65 Å². The second-order valence-corrected chi connectivity index (χ2v) is 6.50. The number of imidazole rings is 1. The number of amides is 1. The predicted molar refractivity (Wildman–Crippen MR) is 104 cm³/mol. The molecule has 2 N–H and O–H groups in total. The molecule has 0 aliphatic carbocycles. The number of aryl methyl sites for hydroxylation is 2. The van der Waals surface area contributed by atoms with Crippen LogP contribution in [-0.2, 0) is 11.2 Å². The van der Waals surface area contributed by atoms with Crippen LogP contribution in [-0.4, -0.2) is 25.3 Å². The molecule has 0 unspecified atom stereocenters. The average molecular weight is 357 g/mol. The van der Waals surface area contributed by atoms with Crippen LogP contribution in [0.2, 0.25) is 0 Å². The number of rotatable bonds is 4. The molecule has 6 heteroatoms. The number of aromatic nitrogens is 4. The van der Waals surface area contributed by atoms with Crippen LogP contribution < -0.4 is 5.73 Å². The van der Waals surface area contributed by atoms with Crippen LogP contribution in [0, 0.1) is 13.8 Å². The minimum absolute atomic E-state index is 0.149. The van der Waals surface area contributed by atoms with Crippen LogP contribution in [0.15, 0.2) is 54.9 Å². The minimum atomic E-state index is -0.378. The van der Waals surface area contributed by atoms with Gasteiger partial charge < -0.3 is 10.1 Å². The summed E-state index contributed by atoms with van der Waals surface area (Å²) in [6, 6.07) is 13.8. The lowest BCUT2D eigenvalue weighted by atomic mass is 10.0. The molecule has 27 heavy (non-hydrogen) atoms. The van der Waals surface area contributed by atoms with Gasteiger partial charge in [0.2, 0.25) is 5.91 Å². The van der Waals surface area contributed by atoms with E-state index in [0.29, 0.717) is 0 Å². The number of pyridine rings is 3. The van der Waals surface area contributed by atoms with Crippen LogP contribution in [0.25, 0.3) is 28.2 Å². The molecule has 4 rings (SSSR count). The summed E-state index contributed by atoms with van der Waals surface area (Å²) >= 11 is 0. The quantitative estimate of drug-likeness (QED) is 0.608. The van der Waals surface area contributed by atoms with E-state index >= 15 is 0 Å². The predicted octanol–water partition coefficient (Wildman–Crippen LogP) is 3.10. The molecule has 0 aliphatic heterocycles. The maximum absolute atomic E-state index is 11.5. The first kappa shape index (κ1) is 16.9. The van der Waals surface area contributed by atoms with Crippen molar-refractivity contribution in [1.29, 1.82) is 0 Å². The molecule has 6 nitrogen and oxygen atoms in total. The molecule has 0 radical (unpaired) electrons. The maximum atomic E-state index is 11.5. The van der Waals surface area contributed by atoms with Gasteiger partial charge in [-0.3, -0.25) is 14.8 Å². The Kier molecular flexibility index (Phi) is 4.16. The average Bonchev–Trinajstić information content (AvgIpc) is 2.96. The molecule has 0 fully saturated rings. The summed E-state index contributed by atoms with van der Waals surface area (Å²) in [7, 11) is 0. The summed E-state index contributed by atoms with van der Waals surface area (Å²) in [6.07, 6.45) is 3.89. The van der Waals surface area contributed by atoms with Gasteiger partial charge in [-0.05, 0) is 44.2 Å². The number of carbonyl (C=O) groups is 1. The van der Waals surface area contributed by atoms with E-state index in [9.17, 15) is 4.79 Å². The van der Waals surface area contributed by atoms with Crippen molar-refractivity contribution in [3.63, 3.8) is 0 Å². The lowest BCUT2D eigenvalue weighted by Crippen LogP contribution is -2.15. The van der Waals surface area contributed by atoms with Crippen molar-refractivity contribution in [2.45, 2.75) is 20.3 Å². The lowest BCUT2D eigenvalue weighted by Gasteiger charge is -2.10. The van der Waals surface area contributed by atoms with E-state index < -0.39 is 0 Å². The van der Waals surface area contributed by atoms with Crippen LogP contribution in [0.3, 0.4) is 0 Å². The fraction of sp³-hybridized carbons (Fsp3) is 0.143. The smallest absolute Gasteiger partial charge is 0.223 e. The molecule has 0 aromatic carbocycles. The number of primary amides is 1. The Hall–Kier alpha value is -3.54. The van der Waals surface area contributed by atoms with Gasteiger partial charge in [-0.1, -0.05) is 12.1 Å². The Balaban J connectivity index is 1.89. The zero-order chi connectivity index (χ0) is 19.0. The molecule has 0 aliphatic rings. The maximum Gasteiger partial charge on any atom is 0.223 e. The summed E-state index contributed by atoms with van der Waals surface area (Å²) in [6.45, 7) is 3.85. The number of nitrogens with zero attached hydrogens (tertiary/aromatic N) is 4. The Morgan fingerprint density at radius 3 is 2.70 bits per heavy atom. The van der Waals surface area contributed by atoms with E-state index in [1.807, 2.05) is 66.9 Å². The van der Waals surface area contributed by atoms with E-state index in [2.05, 4.69) is 15.0 Å². The van der Waals surface area contributed by atoms with Gasteiger partial charge in [-0.2, -0.15) is 0 Å². The van der Waals surface area contributed by atoms with Gasteiger partial charge in [0.05, 0.1) is 29.2 Å². The summed E-state index contributed by atoms with van der Waals surface area (Å²) in [5, 5.41) is 0. The molecular weight excluding hydrogens is 338 g/mol. The molecule has 4 heterocycles. The molecular formula is C21H19N5O. The second-order valence-electron chi connectivity index (χ2n) is 6.50. The van der Waals surface area contributed by atoms with Gasteiger partial charge in [0.25, 0.3) is 0 Å². The molecule has 0 spiro atoms. The van der Waals surface area contributed by atoms with Crippen LogP contribution in [0.5, 0.6) is 0 Å². The third kappa shape index (κ3) is 3.17. The first-order valence-corrected chi connectivity index (χ1v) is 8.68. The highest BCUT2D eigenvalue weighted by Crippen LogP contribution is 2.30. The minimum Gasteiger partial charge on any atom is -0.369 e. The lowest BCUT2D eigenvalue weighted by molar-refractivity contribution is -0.117. The fourth-order valence-corrected chi connectivity index (χ4v) is 3.27. The molecule has 0 bridgehead atoms. The van der Waals surface area contributed by atoms with E-state index in [4.69, 9.17) is 5.73 Å². The molecule has 0 saturated carbocycles. The van der Waals surface area contributed by atoms with Crippen molar-refractivity contribution in [3.8, 4) is 22.5 Å². The van der Waals surface area contributed by atoms with Gasteiger partial charge >= 0.3 is 0 Å². The second kappa shape index (κ2) is 6.64. The highest BCUT2D eigenvalue weighted by molar-refractivity contribution is 5.80. The Labute approximate surface area is 156 Å². The highest BCUT2D eigenvalue weighted by Gasteiger charge is 2.14. The zero-order valence-electron chi connectivity index (χ0n) is 15.2. The molecule has 0 atom stereocenters. The van der Waals surface area contributed by atoms with Gasteiger partial charge in [0, 0.05) is 29.2 Å². The topological polar surface area (TPSA) is 86.2 Å². The van der Waals surface area contributed by atoms with Crippen molar-refractivity contribution < 1.29 is 4.79 Å². The van der Waals surface area contributed by atoms with Crippen molar-refractivity contribution in [1.82, 2.24) is 19.4 Å². The highest BCUT2D eigenvalue weighted by atomic mass is 16.1. The first-order chi connectivity index (χ1) is 13.0. The molecule has 4 aromatic heterocycles. The van der Waals surface area contributed by atoms with E-state index in [1.165, 1.54) is 0 Å². The van der Waals surface area contributed by atoms with Crippen LogP contribution in [0.1, 0.15) is 17.1 Å². The number of hydrogen-bond acceptors (Lipinski definition) is 4. The Morgan fingerprint density at radius 1 is 1.07 bits per heavy atom. The SMILES string of the molecule is Cc1cccc(-c2ncccc2-c2ccc3nc(C)c(CC(N)=O)n3c2)n1. The summed E-state index contributed by atoms with van der Waals surface area (Å²) in [5.74, 6) is -0.378. The van der Waals surface area contributed by atoms with Gasteiger partial charge in [0.15, 0.2) is 0 Å². The number of fused-ring (bicyclic) bond motifs is 1. The van der Waals surface area contributed by atoms with Crippen molar-refractivity contribution >= 4 is 11.6 Å². The van der Waals surface area contributed by atoms with Crippen LogP contribution >= 0.6 is 0 Å².